The fourth-order valence-electron chi connectivity index (χ4n) is 2.99. The van der Waals surface area contributed by atoms with Crippen molar-refractivity contribution >= 4 is 23.7 Å². The van der Waals surface area contributed by atoms with Gasteiger partial charge in [-0.05, 0) is 18.4 Å². The van der Waals surface area contributed by atoms with Gasteiger partial charge in [0.15, 0.2) is 0 Å². The first-order valence-electron chi connectivity index (χ1n) is 9.92. The van der Waals surface area contributed by atoms with Crippen molar-refractivity contribution in [2.45, 2.75) is 58.2 Å². The van der Waals surface area contributed by atoms with Crippen LogP contribution in [-0.2, 0) is 30.3 Å². The zero-order chi connectivity index (χ0) is 21.4. The fourth-order valence-corrected chi connectivity index (χ4v) is 2.99. The Balaban J connectivity index is 2.21. The normalized spacial score (nSPS) is 25.3. The summed E-state index contributed by atoms with van der Waals surface area (Å²) in [6.45, 7) is 5.14. The minimum atomic E-state index is -0.877. The molecule has 0 radical (unpaired) electrons. The zero-order valence-corrected chi connectivity index (χ0v) is 17.1. The highest BCUT2D eigenvalue weighted by atomic mass is 16.5. The molecule has 8 heteroatoms. The zero-order valence-electron chi connectivity index (χ0n) is 17.1. The summed E-state index contributed by atoms with van der Waals surface area (Å²) < 4.78 is 5.21. The summed E-state index contributed by atoms with van der Waals surface area (Å²) in [4.78, 5) is 50.0. The molecule has 1 saturated heterocycles. The van der Waals surface area contributed by atoms with E-state index >= 15 is 0 Å². The Bertz CT molecular complexity index is 737. The first-order chi connectivity index (χ1) is 13.8. The molecule has 3 amide bonds. The van der Waals surface area contributed by atoms with Crippen LogP contribution < -0.4 is 16.0 Å². The highest BCUT2D eigenvalue weighted by molar-refractivity contribution is 5.93. The van der Waals surface area contributed by atoms with E-state index in [-0.39, 0.29) is 25.4 Å². The van der Waals surface area contributed by atoms with E-state index in [1.54, 1.807) is 0 Å². The van der Waals surface area contributed by atoms with Crippen molar-refractivity contribution in [1.29, 1.82) is 0 Å². The van der Waals surface area contributed by atoms with E-state index in [9.17, 15) is 19.2 Å². The van der Waals surface area contributed by atoms with Gasteiger partial charge in [0.05, 0.1) is 6.42 Å². The van der Waals surface area contributed by atoms with E-state index in [1.165, 1.54) is 6.92 Å². The molecule has 1 aromatic carbocycles. The molecule has 1 aromatic rings. The van der Waals surface area contributed by atoms with Crippen LogP contribution in [0.1, 0.15) is 39.2 Å². The maximum absolute atomic E-state index is 12.8. The second kappa shape index (κ2) is 10.6. The van der Waals surface area contributed by atoms with Crippen LogP contribution in [0.2, 0.25) is 0 Å². The number of rotatable bonds is 4. The van der Waals surface area contributed by atoms with E-state index in [1.807, 2.05) is 44.2 Å². The van der Waals surface area contributed by atoms with Gasteiger partial charge in [-0.1, -0.05) is 50.6 Å². The lowest BCUT2D eigenvalue weighted by molar-refractivity contribution is -0.150. The van der Waals surface area contributed by atoms with Gasteiger partial charge in [-0.25, -0.2) is 4.79 Å². The Hall–Kier alpha value is -2.90. The second-order valence-electron chi connectivity index (χ2n) is 7.33. The molecule has 0 unspecified atom stereocenters. The lowest BCUT2D eigenvalue weighted by Crippen LogP contribution is -2.55. The van der Waals surface area contributed by atoms with E-state index < -0.39 is 41.8 Å². The third kappa shape index (κ3) is 6.58. The van der Waals surface area contributed by atoms with Crippen LogP contribution in [0, 0.1) is 5.92 Å². The van der Waals surface area contributed by atoms with Gasteiger partial charge in [0, 0.05) is 6.42 Å². The van der Waals surface area contributed by atoms with Gasteiger partial charge in [-0.15, -0.1) is 0 Å². The smallest absolute Gasteiger partial charge is 0.328 e. The quantitative estimate of drug-likeness (QED) is 0.641. The molecule has 0 aromatic heterocycles. The SMILES string of the molecule is CC[C@@H](C)[C@@H]1NC(=O)[C@H](C)NC(=O)[C@H](Cc2ccccc2)NC(=O)CCOC1=O. The molecule has 0 aliphatic carbocycles. The Morgan fingerprint density at radius 3 is 2.38 bits per heavy atom. The van der Waals surface area contributed by atoms with Crippen LogP contribution in [0.3, 0.4) is 0 Å². The Morgan fingerprint density at radius 2 is 1.72 bits per heavy atom. The predicted molar refractivity (Wildman–Crippen MR) is 107 cm³/mol. The first kappa shape index (κ1) is 22.4. The predicted octanol–water partition coefficient (Wildman–Crippen LogP) is 0.696. The third-order valence-electron chi connectivity index (χ3n) is 5.02. The van der Waals surface area contributed by atoms with E-state index in [0.717, 1.165) is 5.56 Å². The molecule has 1 fully saturated rings. The number of carbonyl (C=O) groups is 4. The Morgan fingerprint density at radius 1 is 1.03 bits per heavy atom. The number of esters is 1. The summed E-state index contributed by atoms with van der Waals surface area (Å²) in [6.07, 6.45) is 0.865. The van der Waals surface area contributed by atoms with E-state index in [4.69, 9.17) is 4.74 Å². The monoisotopic (exact) mass is 403 g/mol. The summed E-state index contributed by atoms with van der Waals surface area (Å²) in [5.41, 5.74) is 0.873. The van der Waals surface area contributed by atoms with E-state index in [2.05, 4.69) is 16.0 Å². The van der Waals surface area contributed by atoms with Crippen molar-refractivity contribution in [1.82, 2.24) is 16.0 Å². The molecule has 2 rings (SSSR count). The van der Waals surface area contributed by atoms with Crippen molar-refractivity contribution in [2.75, 3.05) is 6.61 Å². The average Bonchev–Trinajstić information content (AvgIpc) is 2.71. The third-order valence-corrected chi connectivity index (χ3v) is 5.02. The van der Waals surface area contributed by atoms with Crippen molar-refractivity contribution in [3.63, 3.8) is 0 Å². The average molecular weight is 403 g/mol. The van der Waals surface area contributed by atoms with Crippen LogP contribution in [0.15, 0.2) is 30.3 Å². The van der Waals surface area contributed by atoms with Crippen molar-refractivity contribution in [2.24, 2.45) is 5.92 Å². The highest BCUT2D eigenvalue weighted by Crippen LogP contribution is 2.11. The number of hydrogen-bond acceptors (Lipinski definition) is 5. The molecule has 0 saturated carbocycles. The summed E-state index contributed by atoms with van der Waals surface area (Å²) in [5, 5.41) is 7.98. The molecule has 1 aliphatic heterocycles. The molecule has 1 heterocycles. The van der Waals surface area contributed by atoms with Crippen LogP contribution in [-0.4, -0.2) is 48.4 Å². The van der Waals surface area contributed by atoms with Gasteiger partial charge in [-0.2, -0.15) is 0 Å². The minimum Gasteiger partial charge on any atom is -0.464 e. The summed E-state index contributed by atoms with van der Waals surface area (Å²) in [6, 6.07) is 6.71. The number of benzene rings is 1. The molecular formula is C21H29N3O5. The van der Waals surface area contributed by atoms with Crippen LogP contribution >= 0.6 is 0 Å². The second-order valence-corrected chi connectivity index (χ2v) is 7.33. The molecule has 3 N–H and O–H groups in total. The van der Waals surface area contributed by atoms with Crippen LogP contribution in [0.5, 0.6) is 0 Å². The molecule has 1 aliphatic rings. The molecule has 4 atom stereocenters. The Labute approximate surface area is 170 Å². The van der Waals surface area contributed by atoms with Gasteiger partial charge in [0.1, 0.15) is 24.7 Å². The minimum absolute atomic E-state index is 0.0684. The number of nitrogens with one attached hydrogen (secondary N) is 3. The molecule has 158 valence electrons. The summed E-state index contributed by atoms with van der Waals surface area (Å²) in [5.74, 6) is -2.08. The van der Waals surface area contributed by atoms with Gasteiger partial charge in [-0.3, -0.25) is 14.4 Å². The fraction of sp³-hybridized carbons (Fsp3) is 0.524. The number of cyclic esters (lactones) is 1. The molecular weight excluding hydrogens is 374 g/mol. The molecule has 8 nitrogen and oxygen atoms in total. The number of hydrogen-bond donors (Lipinski definition) is 3. The topological polar surface area (TPSA) is 114 Å². The van der Waals surface area contributed by atoms with Crippen LogP contribution in [0.25, 0.3) is 0 Å². The van der Waals surface area contributed by atoms with Crippen molar-refractivity contribution in [3.05, 3.63) is 35.9 Å². The van der Waals surface area contributed by atoms with Gasteiger partial charge in [0.2, 0.25) is 17.7 Å². The van der Waals surface area contributed by atoms with Gasteiger partial charge in [0.25, 0.3) is 0 Å². The standard InChI is InChI=1S/C21H29N3O5/c1-4-13(2)18-21(28)29-11-10-17(25)23-16(12-15-8-6-5-7-9-15)20(27)22-14(3)19(26)24-18/h5-9,13-14,16,18H,4,10-12H2,1-3H3,(H,22,27)(H,23,25)(H,24,26)/t13-,14+,16+,18+/m1/s1. The molecule has 29 heavy (non-hydrogen) atoms. The molecule has 0 spiro atoms. The van der Waals surface area contributed by atoms with Gasteiger partial charge < -0.3 is 20.7 Å². The first-order valence-corrected chi connectivity index (χ1v) is 9.92. The number of carbonyl (C=O) groups excluding carboxylic acids is 4. The number of amides is 3. The maximum atomic E-state index is 12.8. The van der Waals surface area contributed by atoms with Gasteiger partial charge >= 0.3 is 5.97 Å². The van der Waals surface area contributed by atoms with Crippen molar-refractivity contribution in [3.8, 4) is 0 Å². The van der Waals surface area contributed by atoms with Crippen LogP contribution in [0.4, 0.5) is 0 Å². The largest absolute Gasteiger partial charge is 0.464 e. The van der Waals surface area contributed by atoms with Crippen molar-refractivity contribution < 1.29 is 23.9 Å². The lowest BCUT2D eigenvalue weighted by atomic mass is 9.99. The van der Waals surface area contributed by atoms with E-state index in [0.29, 0.717) is 6.42 Å². The molecule has 0 bridgehead atoms. The summed E-state index contributed by atoms with van der Waals surface area (Å²) >= 11 is 0. The summed E-state index contributed by atoms with van der Waals surface area (Å²) in [7, 11) is 0. The number of ether oxygens (including phenoxy) is 1. The Kier molecular flexibility index (Phi) is 8.18. The lowest BCUT2D eigenvalue weighted by Gasteiger charge is -2.25. The highest BCUT2D eigenvalue weighted by Gasteiger charge is 2.31. The maximum Gasteiger partial charge on any atom is 0.328 e.